The van der Waals surface area contributed by atoms with E-state index >= 15 is 0 Å². The summed E-state index contributed by atoms with van der Waals surface area (Å²) in [5.74, 6) is 0. The second kappa shape index (κ2) is 4.89. The summed E-state index contributed by atoms with van der Waals surface area (Å²) >= 11 is 3.59. The van der Waals surface area contributed by atoms with Gasteiger partial charge in [0.05, 0.1) is 0 Å². The quantitative estimate of drug-likeness (QED) is 0.877. The lowest BCUT2D eigenvalue weighted by molar-refractivity contribution is 0.362. The van der Waals surface area contributed by atoms with Crippen LogP contribution in [0.3, 0.4) is 0 Å². The van der Waals surface area contributed by atoms with Gasteiger partial charge in [-0.15, -0.1) is 0 Å². The third-order valence-electron chi connectivity index (χ3n) is 3.66. The Morgan fingerprint density at radius 3 is 2.62 bits per heavy atom. The molecule has 1 fully saturated rings. The zero-order valence-corrected chi connectivity index (χ0v) is 11.7. The molecule has 2 rings (SSSR count). The van der Waals surface area contributed by atoms with E-state index in [0.717, 1.165) is 6.54 Å². The monoisotopic (exact) mass is 281 g/mol. The van der Waals surface area contributed by atoms with Crippen LogP contribution >= 0.6 is 15.9 Å². The molecule has 0 radical (unpaired) electrons. The Balaban J connectivity index is 1.96. The highest BCUT2D eigenvalue weighted by Crippen LogP contribution is 2.29. The molecule has 0 heterocycles. The molecule has 16 heavy (non-hydrogen) atoms. The van der Waals surface area contributed by atoms with E-state index in [1.807, 2.05) is 0 Å². The summed E-state index contributed by atoms with van der Waals surface area (Å²) in [4.78, 5) is 0. The van der Waals surface area contributed by atoms with E-state index in [1.165, 1.54) is 41.3 Å². The number of aryl methyl sites for hydroxylation is 1. The topological polar surface area (TPSA) is 12.0 Å². The van der Waals surface area contributed by atoms with Gasteiger partial charge in [-0.25, -0.2) is 0 Å². The van der Waals surface area contributed by atoms with Gasteiger partial charge in [0.2, 0.25) is 0 Å². The van der Waals surface area contributed by atoms with Crippen molar-refractivity contribution in [3.63, 3.8) is 0 Å². The van der Waals surface area contributed by atoms with Crippen LogP contribution in [-0.2, 0) is 6.54 Å². The Bertz CT molecular complexity index is 367. The average Bonchev–Trinajstić information content (AvgIpc) is 2.68. The van der Waals surface area contributed by atoms with Crippen molar-refractivity contribution in [3.05, 3.63) is 33.8 Å². The Kier molecular flexibility index (Phi) is 3.70. The fourth-order valence-electron chi connectivity index (χ4n) is 2.39. The standard InChI is InChI=1S/C14H20BrN/c1-11-5-6-12(9-13(11)15)10-16-14(2)7-3-4-8-14/h5-6,9,16H,3-4,7-8,10H2,1-2H3. The number of rotatable bonds is 3. The van der Waals surface area contributed by atoms with Crippen molar-refractivity contribution in [1.29, 1.82) is 0 Å². The van der Waals surface area contributed by atoms with E-state index < -0.39 is 0 Å². The van der Waals surface area contributed by atoms with Crippen molar-refractivity contribution in [2.75, 3.05) is 0 Å². The van der Waals surface area contributed by atoms with Crippen molar-refractivity contribution < 1.29 is 0 Å². The summed E-state index contributed by atoms with van der Waals surface area (Å²) in [6.07, 6.45) is 5.39. The molecular weight excluding hydrogens is 262 g/mol. The number of benzene rings is 1. The molecule has 1 aromatic carbocycles. The number of nitrogens with one attached hydrogen (secondary N) is 1. The van der Waals surface area contributed by atoms with E-state index in [4.69, 9.17) is 0 Å². The summed E-state index contributed by atoms with van der Waals surface area (Å²) in [5, 5.41) is 3.70. The SMILES string of the molecule is Cc1ccc(CNC2(C)CCCC2)cc1Br. The van der Waals surface area contributed by atoms with E-state index in [1.54, 1.807) is 0 Å². The van der Waals surface area contributed by atoms with Gasteiger partial charge in [0.1, 0.15) is 0 Å². The highest BCUT2D eigenvalue weighted by atomic mass is 79.9. The Hall–Kier alpha value is -0.340. The van der Waals surface area contributed by atoms with Gasteiger partial charge in [-0.05, 0) is 43.9 Å². The second-order valence-electron chi connectivity index (χ2n) is 5.20. The summed E-state index contributed by atoms with van der Waals surface area (Å²) in [6.45, 7) is 5.46. The van der Waals surface area contributed by atoms with Crippen molar-refractivity contribution in [3.8, 4) is 0 Å². The zero-order valence-electron chi connectivity index (χ0n) is 10.1. The third kappa shape index (κ3) is 2.86. The van der Waals surface area contributed by atoms with E-state index in [9.17, 15) is 0 Å². The van der Waals surface area contributed by atoms with E-state index in [0.29, 0.717) is 5.54 Å². The van der Waals surface area contributed by atoms with E-state index in [-0.39, 0.29) is 0 Å². The van der Waals surface area contributed by atoms with Crippen LogP contribution in [0.4, 0.5) is 0 Å². The molecule has 0 bridgehead atoms. The highest BCUT2D eigenvalue weighted by molar-refractivity contribution is 9.10. The minimum Gasteiger partial charge on any atom is -0.307 e. The highest BCUT2D eigenvalue weighted by Gasteiger charge is 2.27. The Morgan fingerprint density at radius 1 is 1.31 bits per heavy atom. The molecule has 0 amide bonds. The molecular formula is C14H20BrN. The predicted octanol–water partition coefficient (Wildman–Crippen LogP) is 4.18. The van der Waals surface area contributed by atoms with Crippen LogP contribution in [0.2, 0.25) is 0 Å². The van der Waals surface area contributed by atoms with Crippen LogP contribution in [0.15, 0.2) is 22.7 Å². The molecule has 1 N–H and O–H groups in total. The lowest BCUT2D eigenvalue weighted by Gasteiger charge is -2.25. The minimum atomic E-state index is 0.372. The first-order chi connectivity index (χ1) is 7.59. The molecule has 2 heteroatoms. The summed E-state index contributed by atoms with van der Waals surface area (Å²) in [7, 11) is 0. The molecule has 0 saturated heterocycles. The maximum absolute atomic E-state index is 3.70. The van der Waals surface area contributed by atoms with Crippen LogP contribution in [0.5, 0.6) is 0 Å². The molecule has 1 aliphatic rings. The van der Waals surface area contributed by atoms with Crippen molar-refractivity contribution >= 4 is 15.9 Å². The largest absolute Gasteiger partial charge is 0.307 e. The van der Waals surface area contributed by atoms with Gasteiger partial charge in [0.25, 0.3) is 0 Å². The summed E-state index contributed by atoms with van der Waals surface area (Å²) < 4.78 is 1.21. The molecule has 1 aromatic rings. The summed E-state index contributed by atoms with van der Waals surface area (Å²) in [6, 6.07) is 6.62. The molecule has 0 unspecified atom stereocenters. The third-order valence-corrected chi connectivity index (χ3v) is 4.52. The maximum Gasteiger partial charge on any atom is 0.0210 e. The molecule has 0 spiro atoms. The molecule has 0 atom stereocenters. The fraction of sp³-hybridized carbons (Fsp3) is 0.571. The van der Waals surface area contributed by atoms with Crippen molar-refractivity contribution in [2.45, 2.75) is 51.6 Å². The van der Waals surface area contributed by atoms with Crippen LogP contribution in [0.1, 0.15) is 43.7 Å². The predicted molar refractivity (Wildman–Crippen MR) is 72.6 cm³/mol. The van der Waals surface area contributed by atoms with Gasteiger partial charge in [0, 0.05) is 16.6 Å². The number of halogens is 1. The Labute approximate surface area is 107 Å². The minimum absolute atomic E-state index is 0.372. The van der Waals surface area contributed by atoms with Gasteiger partial charge < -0.3 is 5.32 Å². The molecule has 1 aliphatic carbocycles. The van der Waals surface area contributed by atoms with Crippen molar-refractivity contribution in [1.82, 2.24) is 5.32 Å². The fourth-order valence-corrected chi connectivity index (χ4v) is 2.82. The van der Waals surface area contributed by atoms with Crippen LogP contribution in [0.25, 0.3) is 0 Å². The molecule has 1 nitrogen and oxygen atoms in total. The second-order valence-corrected chi connectivity index (χ2v) is 6.06. The lowest BCUT2D eigenvalue weighted by Crippen LogP contribution is -2.38. The van der Waals surface area contributed by atoms with Gasteiger partial charge >= 0.3 is 0 Å². The van der Waals surface area contributed by atoms with Crippen LogP contribution in [-0.4, -0.2) is 5.54 Å². The van der Waals surface area contributed by atoms with Gasteiger partial charge in [0.15, 0.2) is 0 Å². The normalized spacial score (nSPS) is 18.9. The molecule has 1 saturated carbocycles. The van der Waals surface area contributed by atoms with Gasteiger partial charge in [-0.2, -0.15) is 0 Å². The van der Waals surface area contributed by atoms with Crippen molar-refractivity contribution in [2.24, 2.45) is 0 Å². The van der Waals surface area contributed by atoms with E-state index in [2.05, 4.69) is 53.3 Å². The first-order valence-corrected chi connectivity index (χ1v) is 6.88. The number of hydrogen-bond donors (Lipinski definition) is 1. The first kappa shape index (κ1) is 12.1. The first-order valence-electron chi connectivity index (χ1n) is 6.09. The molecule has 0 aromatic heterocycles. The van der Waals surface area contributed by atoms with Crippen LogP contribution in [0, 0.1) is 6.92 Å². The molecule has 0 aliphatic heterocycles. The smallest absolute Gasteiger partial charge is 0.0210 e. The lowest BCUT2D eigenvalue weighted by atomic mass is 10.0. The van der Waals surface area contributed by atoms with Gasteiger partial charge in [-0.3, -0.25) is 0 Å². The maximum atomic E-state index is 3.70. The Morgan fingerprint density at radius 2 is 2.00 bits per heavy atom. The summed E-state index contributed by atoms with van der Waals surface area (Å²) in [5.41, 5.74) is 3.04. The molecule has 88 valence electrons. The number of hydrogen-bond acceptors (Lipinski definition) is 1. The van der Waals surface area contributed by atoms with Gasteiger partial charge in [-0.1, -0.05) is 40.9 Å². The zero-order chi connectivity index (χ0) is 11.6. The van der Waals surface area contributed by atoms with Crippen LogP contribution < -0.4 is 5.32 Å². The average molecular weight is 282 g/mol.